The zero-order valence-electron chi connectivity index (χ0n) is 24.1. The predicted molar refractivity (Wildman–Crippen MR) is 160 cm³/mol. The lowest BCUT2D eigenvalue weighted by Gasteiger charge is -2.33. The third kappa shape index (κ3) is 12.1. The van der Waals surface area contributed by atoms with E-state index >= 15 is 0 Å². The molecule has 0 radical (unpaired) electrons. The molecule has 0 unspecified atom stereocenters. The molecule has 0 aliphatic rings. The summed E-state index contributed by atoms with van der Waals surface area (Å²) in [5.41, 5.74) is 5.29. The van der Waals surface area contributed by atoms with Crippen molar-refractivity contribution in [1.82, 2.24) is 8.97 Å². The van der Waals surface area contributed by atoms with Gasteiger partial charge < -0.3 is 19.3 Å². The highest BCUT2D eigenvalue weighted by molar-refractivity contribution is 7.79. The molecule has 0 aliphatic carbocycles. The van der Waals surface area contributed by atoms with Crippen LogP contribution in [0.3, 0.4) is 0 Å². The normalized spacial score (nSPS) is 11.5. The maximum Gasteiger partial charge on any atom is 0.140 e. The minimum absolute atomic E-state index is 0.251. The minimum atomic E-state index is -5.17. The van der Waals surface area contributed by atoms with E-state index in [9.17, 15) is 0 Å². The molecule has 2 aromatic rings. The SMILES string of the molecule is C=C[N+](CC)(CC)c1ccccc1CCCO.C=C[N+](CC)(CC)c1ccccc1CCCO.O=S(=O)([O-])[O-]. The molecule has 2 rings (SSSR count). The third-order valence-corrected chi connectivity index (χ3v) is 7.11. The van der Waals surface area contributed by atoms with Gasteiger partial charge in [0, 0.05) is 34.7 Å². The summed E-state index contributed by atoms with van der Waals surface area (Å²) in [5, 5.41) is 17.9. The average Bonchev–Trinajstić information content (AvgIpc) is 2.94. The van der Waals surface area contributed by atoms with Gasteiger partial charge in [-0.25, -0.2) is 0 Å². The van der Waals surface area contributed by atoms with Gasteiger partial charge in [-0.1, -0.05) is 36.4 Å². The molecule has 0 atom stereocenters. The molecule has 2 aromatic carbocycles. The van der Waals surface area contributed by atoms with Crippen molar-refractivity contribution in [2.24, 2.45) is 0 Å². The van der Waals surface area contributed by atoms with Crippen molar-refractivity contribution in [1.29, 1.82) is 0 Å². The van der Waals surface area contributed by atoms with Gasteiger partial charge in [0.2, 0.25) is 0 Å². The fraction of sp³-hybridized carbons (Fsp3) is 0.467. The van der Waals surface area contributed by atoms with Crippen molar-refractivity contribution in [2.75, 3.05) is 39.4 Å². The molecule has 0 aromatic heterocycles. The molecule has 2 N–H and O–H groups in total. The fourth-order valence-corrected chi connectivity index (χ4v) is 4.69. The van der Waals surface area contributed by atoms with E-state index in [1.54, 1.807) is 0 Å². The molecule has 8 nitrogen and oxygen atoms in total. The molecule has 0 bridgehead atoms. The summed E-state index contributed by atoms with van der Waals surface area (Å²) in [6.07, 6.45) is 7.56. The van der Waals surface area contributed by atoms with E-state index in [0.29, 0.717) is 0 Å². The standard InChI is InChI=1S/2C15H24NO.H2O4S/c2*1-4-16(5-2,6-3)15-12-8-7-10-14(15)11-9-13-17;1-5(2,3)4/h2*4,7-8,10,12,17H,1,5-6,9,11,13H2,2-3H3;(H2,1,2,3,4)/q2*+1;/p-2. The van der Waals surface area contributed by atoms with Gasteiger partial charge in [-0.05, 0) is 78.7 Å². The maximum atomic E-state index is 8.97. The number of aryl methyl sites for hydroxylation is 2. The topological polar surface area (TPSA) is 121 Å². The summed E-state index contributed by atoms with van der Waals surface area (Å²) in [6, 6.07) is 17.0. The molecule has 0 aliphatic heterocycles. The molecule has 0 saturated carbocycles. The van der Waals surface area contributed by atoms with E-state index in [2.05, 4.69) is 89.4 Å². The molecule has 0 saturated heterocycles. The van der Waals surface area contributed by atoms with Crippen molar-refractivity contribution >= 4 is 21.8 Å². The zero-order valence-corrected chi connectivity index (χ0v) is 24.9. The Morgan fingerprint density at radius 2 is 0.974 bits per heavy atom. The number of nitrogens with zero attached hydrogens (tertiary/aromatic N) is 2. The highest BCUT2D eigenvalue weighted by atomic mass is 32.3. The predicted octanol–water partition coefficient (Wildman–Crippen LogP) is 4.87. The average molecular weight is 565 g/mol. The van der Waals surface area contributed by atoms with Crippen LogP contribution in [0.15, 0.2) is 74.1 Å². The Kier molecular flexibility index (Phi) is 17.7. The number of benzene rings is 2. The number of hydrogen-bond acceptors (Lipinski definition) is 6. The minimum Gasteiger partial charge on any atom is -0.759 e. The van der Waals surface area contributed by atoms with Crippen LogP contribution in [0, 0.1) is 0 Å². The van der Waals surface area contributed by atoms with Crippen molar-refractivity contribution in [3.8, 4) is 0 Å². The second-order valence-electron chi connectivity index (χ2n) is 9.02. The Bertz CT molecular complexity index is 1000. The second-order valence-corrected chi connectivity index (χ2v) is 9.83. The number of aliphatic hydroxyl groups is 2. The van der Waals surface area contributed by atoms with Gasteiger partial charge in [-0.15, -0.1) is 0 Å². The van der Waals surface area contributed by atoms with Crippen LogP contribution in [-0.4, -0.2) is 67.1 Å². The van der Waals surface area contributed by atoms with Crippen LogP contribution in [0.4, 0.5) is 11.4 Å². The van der Waals surface area contributed by atoms with Gasteiger partial charge in [-0.3, -0.25) is 17.4 Å². The smallest absolute Gasteiger partial charge is 0.140 e. The van der Waals surface area contributed by atoms with Crippen LogP contribution in [0.5, 0.6) is 0 Å². The van der Waals surface area contributed by atoms with Crippen molar-refractivity contribution in [2.45, 2.75) is 53.4 Å². The van der Waals surface area contributed by atoms with Crippen LogP contribution in [0.25, 0.3) is 0 Å². The van der Waals surface area contributed by atoms with E-state index in [1.165, 1.54) is 22.5 Å². The van der Waals surface area contributed by atoms with Crippen molar-refractivity contribution in [3.05, 3.63) is 85.2 Å². The van der Waals surface area contributed by atoms with E-state index < -0.39 is 10.4 Å². The molecule has 220 valence electrons. The van der Waals surface area contributed by atoms with Crippen LogP contribution >= 0.6 is 0 Å². The summed E-state index contributed by atoms with van der Waals surface area (Å²) in [6.45, 7) is 21.3. The largest absolute Gasteiger partial charge is 0.759 e. The molecular weight excluding hydrogens is 516 g/mol. The first-order chi connectivity index (χ1) is 18.5. The second kappa shape index (κ2) is 18.8. The van der Waals surface area contributed by atoms with Gasteiger partial charge in [-0.2, -0.15) is 0 Å². The van der Waals surface area contributed by atoms with Crippen LogP contribution in [0.2, 0.25) is 0 Å². The summed E-state index contributed by atoms with van der Waals surface area (Å²) < 4.78 is 35.7. The van der Waals surface area contributed by atoms with Gasteiger partial charge in [0.05, 0.1) is 38.6 Å². The quantitative estimate of drug-likeness (QED) is 0.192. The molecule has 0 fully saturated rings. The number of quaternary nitrogens is 2. The first-order valence-electron chi connectivity index (χ1n) is 13.5. The fourth-order valence-electron chi connectivity index (χ4n) is 4.69. The molecule has 0 heterocycles. The molecule has 39 heavy (non-hydrogen) atoms. The molecule has 0 amide bonds. The maximum absolute atomic E-state index is 8.97. The number of para-hydroxylation sites is 2. The van der Waals surface area contributed by atoms with E-state index in [4.69, 9.17) is 27.7 Å². The molecular formula is C30H48N2O6S. The first kappa shape index (κ1) is 36.6. The third-order valence-electron chi connectivity index (χ3n) is 7.11. The number of hydrogen-bond donors (Lipinski definition) is 2. The van der Waals surface area contributed by atoms with Crippen molar-refractivity contribution < 1.29 is 27.7 Å². The Morgan fingerprint density at radius 3 is 1.21 bits per heavy atom. The van der Waals surface area contributed by atoms with Gasteiger partial charge in [0.15, 0.2) is 0 Å². The monoisotopic (exact) mass is 564 g/mol. The van der Waals surface area contributed by atoms with Crippen molar-refractivity contribution in [3.63, 3.8) is 0 Å². The Labute approximate surface area is 236 Å². The van der Waals surface area contributed by atoms with Crippen LogP contribution < -0.4 is 8.97 Å². The van der Waals surface area contributed by atoms with Crippen LogP contribution in [-0.2, 0) is 23.2 Å². The van der Waals surface area contributed by atoms with Gasteiger partial charge in [0.25, 0.3) is 0 Å². The molecule has 9 heteroatoms. The first-order valence-corrected chi connectivity index (χ1v) is 14.9. The lowest BCUT2D eigenvalue weighted by Crippen LogP contribution is -2.43. The zero-order chi connectivity index (χ0) is 30.0. The van der Waals surface area contributed by atoms with E-state index in [-0.39, 0.29) is 13.2 Å². The van der Waals surface area contributed by atoms with Crippen LogP contribution in [0.1, 0.15) is 51.7 Å². The Hall–Kier alpha value is -2.37. The molecule has 0 spiro atoms. The van der Waals surface area contributed by atoms with E-state index in [1.807, 2.05) is 12.4 Å². The van der Waals surface area contributed by atoms with E-state index in [0.717, 1.165) is 60.8 Å². The van der Waals surface area contributed by atoms with Gasteiger partial charge in [0.1, 0.15) is 11.4 Å². The number of aliphatic hydroxyl groups excluding tert-OH is 2. The Morgan fingerprint density at radius 1 is 0.692 bits per heavy atom. The highest BCUT2D eigenvalue weighted by Crippen LogP contribution is 2.30. The van der Waals surface area contributed by atoms with Gasteiger partial charge >= 0.3 is 0 Å². The lowest BCUT2D eigenvalue weighted by molar-refractivity contribution is 0.288. The highest BCUT2D eigenvalue weighted by Gasteiger charge is 2.26. The summed E-state index contributed by atoms with van der Waals surface area (Å²) in [4.78, 5) is 0. The summed E-state index contributed by atoms with van der Waals surface area (Å²) in [7, 11) is -5.17. The number of rotatable bonds is 14. The Balaban J connectivity index is 0.000000632. The summed E-state index contributed by atoms with van der Waals surface area (Å²) in [5.74, 6) is 0. The summed E-state index contributed by atoms with van der Waals surface area (Å²) >= 11 is 0. The lowest BCUT2D eigenvalue weighted by atomic mass is 10.0.